The summed E-state index contributed by atoms with van der Waals surface area (Å²) in [6.07, 6.45) is 1.21. The number of rotatable bonds is 14. The standard InChI is InChI=1S/C52H67N5O6/c1-33-44-27-40(52(44,3)4)28-45(33)53-50(60)48-47(34(2)59)46(32-58)63-57(48)30-37-19-14-20-43(49(37)62-7)38-24-39(26-41(25-38)54(5)6)51(61)56-22-21-55(29-36-17-12-9-13-18-36)31-42(56)23-35-15-10-8-11-16-35/h8-20,24-26,33-34,40,42,44-48,58-59H,21-23,27-32H2,1-7H3,(H,53,60)/t33-,34?,40+,42-,44-,45-,46-,47?,48-/m0/s1. The molecule has 11 nitrogen and oxygen atoms in total. The highest BCUT2D eigenvalue weighted by atomic mass is 16.7. The molecule has 5 fully saturated rings. The molecule has 2 unspecified atom stereocenters. The van der Waals surface area contributed by atoms with Crippen LogP contribution in [0.15, 0.2) is 97.1 Å². The molecule has 4 aromatic carbocycles. The smallest absolute Gasteiger partial charge is 0.254 e. The number of anilines is 1. The lowest BCUT2D eigenvalue weighted by Gasteiger charge is -2.62. The van der Waals surface area contributed by atoms with Gasteiger partial charge in [0.1, 0.15) is 17.9 Å². The first-order chi connectivity index (χ1) is 30.3. The Morgan fingerprint density at radius 3 is 2.29 bits per heavy atom. The SMILES string of the molecule is COc1c(CN2O[C@@H](CO)C(C(C)O)[C@H]2C(=O)N[C@H]2C[C@H]3C[C@@H]([C@@H]2C)C3(C)C)cccc1-c1cc(C(=O)N2CCN(Cc3ccccc3)C[C@@H]2Cc2ccccc2)cc(N(C)C)c1. The third-order valence-electron chi connectivity index (χ3n) is 15.1. The van der Waals surface area contributed by atoms with Crippen LogP contribution in [-0.4, -0.2) is 115 Å². The minimum Gasteiger partial charge on any atom is -0.496 e. The van der Waals surface area contributed by atoms with E-state index in [0.717, 1.165) is 54.9 Å². The topological polar surface area (TPSA) is 118 Å². The molecule has 5 aliphatic rings. The monoisotopic (exact) mass is 858 g/mol. The van der Waals surface area contributed by atoms with Crippen LogP contribution in [0.2, 0.25) is 0 Å². The average molecular weight is 858 g/mol. The van der Waals surface area contributed by atoms with Crippen LogP contribution in [0.3, 0.4) is 0 Å². The van der Waals surface area contributed by atoms with Crippen molar-refractivity contribution in [3.63, 3.8) is 0 Å². The van der Waals surface area contributed by atoms with Gasteiger partial charge in [0.05, 0.1) is 26.4 Å². The van der Waals surface area contributed by atoms with Crippen LogP contribution in [0.4, 0.5) is 5.69 Å². The molecule has 0 aromatic heterocycles. The van der Waals surface area contributed by atoms with Crippen LogP contribution in [0.1, 0.15) is 67.6 Å². The fourth-order valence-electron chi connectivity index (χ4n) is 11.4. The van der Waals surface area contributed by atoms with Gasteiger partial charge >= 0.3 is 0 Å². The number of hydrogen-bond acceptors (Lipinski definition) is 9. The number of carbonyl (C=O) groups is 2. The lowest BCUT2D eigenvalue weighted by atomic mass is 9.45. The predicted octanol–water partition coefficient (Wildman–Crippen LogP) is 6.66. The van der Waals surface area contributed by atoms with Gasteiger partial charge in [0.25, 0.3) is 5.91 Å². The van der Waals surface area contributed by atoms with Gasteiger partial charge in [-0.1, -0.05) is 99.6 Å². The summed E-state index contributed by atoms with van der Waals surface area (Å²) >= 11 is 0. The van der Waals surface area contributed by atoms with Gasteiger partial charge in [-0.25, -0.2) is 0 Å². The van der Waals surface area contributed by atoms with Gasteiger partial charge in [-0.05, 0) is 84.2 Å². The molecule has 2 bridgehead atoms. The Morgan fingerprint density at radius 2 is 1.65 bits per heavy atom. The van der Waals surface area contributed by atoms with Gasteiger partial charge in [-0.15, -0.1) is 0 Å². The second-order valence-corrected chi connectivity index (χ2v) is 19.5. The van der Waals surface area contributed by atoms with Crippen LogP contribution in [0.25, 0.3) is 11.1 Å². The van der Waals surface area contributed by atoms with Crippen molar-refractivity contribution in [2.45, 2.75) is 90.4 Å². The number of hydrogen-bond donors (Lipinski definition) is 3. The first kappa shape index (κ1) is 44.8. The third-order valence-corrected chi connectivity index (χ3v) is 15.1. The molecule has 3 saturated carbocycles. The highest BCUT2D eigenvalue weighted by molar-refractivity contribution is 5.97. The van der Waals surface area contributed by atoms with Crippen molar-refractivity contribution in [1.82, 2.24) is 20.2 Å². The van der Waals surface area contributed by atoms with Gasteiger partial charge in [-0.2, -0.15) is 5.06 Å². The molecule has 2 saturated heterocycles. The second-order valence-electron chi connectivity index (χ2n) is 19.5. The molecule has 2 heterocycles. The summed E-state index contributed by atoms with van der Waals surface area (Å²) in [5.41, 5.74) is 6.60. The lowest BCUT2D eigenvalue weighted by Crippen LogP contribution is -2.62. The van der Waals surface area contributed by atoms with Crippen LogP contribution >= 0.6 is 0 Å². The number of aliphatic hydroxyl groups is 2. The second kappa shape index (κ2) is 18.7. The summed E-state index contributed by atoms with van der Waals surface area (Å²) in [6.45, 7) is 11.4. The zero-order valence-electron chi connectivity index (χ0n) is 38.1. The zero-order valence-corrected chi connectivity index (χ0v) is 38.1. The van der Waals surface area contributed by atoms with E-state index in [1.807, 2.05) is 61.5 Å². The number of methoxy groups -OCH3 is 1. The van der Waals surface area contributed by atoms with Crippen LogP contribution in [0, 0.1) is 29.1 Å². The van der Waals surface area contributed by atoms with Gasteiger partial charge in [-0.3, -0.25) is 19.3 Å². The summed E-state index contributed by atoms with van der Waals surface area (Å²) in [6, 6.07) is 32.0. The fourth-order valence-corrected chi connectivity index (χ4v) is 11.4. The van der Waals surface area contributed by atoms with Crippen molar-refractivity contribution in [2.24, 2.45) is 29.1 Å². The van der Waals surface area contributed by atoms with E-state index in [1.165, 1.54) is 17.5 Å². The largest absolute Gasteiger partial charge is 0.496 e. The van der Waals surface area contributed by atoms with E-state index in [-0.39, 0.29) is 42.5 Å². The molecular formula is C52H67N5O6. The Morgan fingerprint density at radius 1 is 0.937 bits per heavy atom. The van der Waals surface area contributed by atoms with Crippen molar-refractivity contribution in [2.75, 3.05) is 52.3 Å². The first-order valence-electron chi connectivity index (χ1n) is 22.9. The summed E-state index contributed by atoms with van der Waals surface area (Å²) in [4.78, 5) is 42.2. The van der Waals surface area contributed by atoms with Crippen LogP contribution in [0.5, 0.6) is 5.75 Å². The Hall–Kier alpha value is -4.78. The van der Waals surface area contributed by atoms with Gasteiger partial charge in [0.15, 0.2) is 0 Å². The molecule has 2 amide bonds. The maximum absolute atomic E-state index is 14.9. The number of nitrogens with zero attached hydrogens (tertiary/aromatic N) is 4. The molecule has 11 heteroatoms. The van der Waals surface area contributed by atoms with Gasteiger partial charge < -0.3 is 30.1 Å². The molecule has 336 valence electrons. The van der Waals surface area contributed by atoms with Crippen LogP contribution in [-0.2, 0) is 29.1 Å². The summed E-state index contributed by atoms with van der Waals surface area (Å²) in [5, 5.41) is 26.5. The fraction of sp³-hybridized carbons (Fsp3) is 0.500. The molecule has 3 aliphatic carbocycles. The molecule has 4 aromatic rings. The van der Waals surface area contributed by atoms with E-state index in [0.29, 0.717) is 35.6 Å². The maximum atomic E-state index is 14.9. The van der Waals surface area contributed by atoms with Crippen molar-refractivity contribution >= 4 is 17.5 Å². The van der Waals surface area contributed by atoms with Crippen molar-refractivity contribution in [3.05, 3.63) is 119 Å². The Labute approximate surface area is 373 Å². The van der Waals surface area contributed by atoms with Gasteiger partial charge in [0.2, 0.25) is 5.91 Å². The average Bonchev–Trinajstić information content (AvgIpc) is 3.66. The zero-order chi connectivity index (χ0) is 44.6. The highest BCUT2D eigenvalue weighted by Gasteiger charge is 2.57. The summed E-state index contributed by atoms with van der Waals surface area (Å²) in [5.74, 6) is 1.18. The van der Waals surface area contributed by atoms with E-state index in [1.54, 1.807) is 19.1 Å². The molecule has 9 rings (SSSR count). The van der Waals surface area contributed by atoms with E-state index in [9.17, 15) is 19.8 Å². The first-order valence-corrected chi connectivity index (χ1v) is 22.9. The number of carbonyl (C=O) groups excluding carboxylic acids is 2. The number of benzene rings is 4. The Balaban J connectivity index is 1.07. The van der Waals surface area contributed by atoms with E-state index in [4.69, 9.17) is 9.57 Å². The summed E-state index contributed by atoms with van der Waals surface area (Å²) in [7, 11) is 5.59. The lowest BCUT2D eigenvalue weighted by molar-refractivity contribution is -0.183. The normalized spacial score (nSPS) is 27.3. The van der Waals surface area contributed by atoms with E-state index < -0.39 is 24.2 Å². The minimum absolute atomic E-state index is 0.0120. The minimum atomic E-state index is -0.906. The summed E-state index contributed by atoms with van der Waals surface area (Å²) < 4.78 is 6.20. The number of fused-ring (bicyclic) bond motifs is 2. The molecular weight excluding hydrogens is 791 g/mol. The molecule has 3 N–H and O–H groups in total. The quantitative estimate of drug-likeness (QED) is 0.128. The molecule has 2 aliphatic heterocycles. The Bertz CT molecular complexity index is 2220. The molecule has 0 spiro atoms. The number of para-hydroxylation sites is 1. The number of ether oxygens (including phenoxy) is 1. The van der Waals surface area contributed by atoms with Crippen LogP contribution < -0.4 is 15.0 Å². The number of piperazine rings is 1. The molecule has 9 atom stereocenters. The van der Waals surface area contributed by atoms with Crippen molar-refractivity contribution in [1.29, 1.82) is 0 Å². The number of aliphatic hydroxyl groups excluding tert-OH is 2. The maximum Gasteiger partial charge on any atom is 0.254 e. The van der Waals surface area contributed by atoms with Crippen molar-refractivity contribution < 1.29 is 29.4 Å². The number of amides is 2. The van der Waals surface area contributed by atoms with Crippen molar-refractivity contribution in [3.8, 4) is 16.9 Å². The third kappa shape index (κ3) is 9.13. The highest BCUT2D eigenvalue weighted by Crippen LogP contribution is 2.61. The van der Waals surface area contributed by atoms with Gasteiger partial charge in [0, 0.05) is 80.7 Å². The molecule has 63 heavy (non-hydrogen) atoms. The number of nitrogens with one attached hydrogen (secondary N) is 1. The molecule has 0 radical (unpaired) electrons. The van der Waals surface area contributed by atoms with E-state index in [2.05, 4.69) is 90.5 Å². The predicted molar refractivity (Wildman–Crippen MR) is 247 cm³/mol. The van der Waals surface area contributed by atoms with E-state index >= 15 is 0 Å². The number of hydroxylamine groups is 2. The Kier molecular flexibility index (Phi) is 13.3.